The van der Waals surface area contributed by atoms with Crippen LogP contribution in [0.5, 0.6) is 0 Å². The van der Waals surface area contributed by atoms with Crippen LogP contribution >= 0.6 is 0 Å². The van der Waals surface area contributed by atoms with E-state index in [1.807, 2.05) is 0 Å². The maximum atomic E-state index is 5.17. The number of fused-ring (bicyclic) bond motifs is 1. The largest absolute Gasteiger partial charge is 0.277 e. The summed E-state index contributed by atoms with van der Waals surface area (Å²) >= 11 is 0. The van der Waals surface area contributed by atoms with Crippen molar-refractivity contribution in [3.8, 4) is 0 Å². The number of allylic oxidation sites excluding steroid dienone is 1. The van der Waals surface area contributed by atoms with E-state index in [4.69, 9.17) is 4.99 Å². The second kappa shape index (κ2) is 7.53. The topological polar surface area (TPSA) is 12.4 Å². The van der Waals surface area contributed by atoms with Crippen LogP contribution < -0.4 is 0 Å². The lowest BCUT2D eigenvalue weighted by Gasteiger charge is -2.23. The zero-order chi connectivity index (χ0) is 17.8. The summed E-state index contributed by atoms with van der Waals surface area (Å²) in [5, 5.41) is 0. The Morgan fingerprint density at radius 3 is 2.19 bits per heavy atom. The summed E-state index contributed by atoms with van der Waals surface area (Å²) in [6.45, 7) is 2.18. The SMILES string of the molecule is C[C@H](N=C1/C(=C/c2ccccc2)CCc2ccccc21)c1ccccc1. The fourth-order valence-corrected chi connectivity index (χ4v) is 3.57. The van der Waals surface area contributed by atoms with Gasteiger partial charge in [-0.05, 0) is 48.1 Å². The Labute approximate surface area is 155 Å². The van der Waals surface area contributed by atoms with Gasteiger partial charge in [-0.3, -0.25) is 4.99 Å². The van der Waals surface area contributed by atoms with Crippen molar-refractivity contribution >= 4 is 11.8 Å². The van der Waals surface area contributed by atoms with E-state index in [1.165, 1.54) is 27.8 Å². The average Bonchev–Trinajstić information content (AvgIpc) is 2.71. The molecule has 1 heteroatoms. The lowest BCUT2D eigenvalue weighted by Crippen LogP contribution is -2.16. The minimum Gasteiger partial charge on any atom is -0.277 e. The predicted molar refractivity (Wildman–Crippen MR) is 111 cm³/mol. The van der Waals surface area contributed by atoms with Gasteiger partial charge in [0.05, 0.1) is 11.8 Å². The molecular formula is C25H23N. The monoisotopic (exact) mass is 337 g/mol. The lowest BCUT2D eigenvalue weighted by atomic mass is 9.85. The molecule has 0 bridgehead atoms. The first-order valence-electron chi connectivity index (χ1n) is 9.28. The molecule has 26 heavy (non-hydrogen) atoms. The third-order valence-electron chi connectivity index (χ3n) is 4.99. The van der Waals surface area contributed by atoms with Gasteiger partial charge < -0.3 is 0 Å². The van der Waals surface area contributed by atoms with Gasteiger partial charge in [0.15, 0.2) is 0 Å². The molecule has 0 saturated carbocycles. The van der Waals surface area contributed by atoms with E-state index in [0.29, 0.717) is 0 Å². The molecule has 0 spiro atoms. The fourth-order valence-electron chi connectivity index (χ4n) is 3.57. The summed E-state index contributed by atoms with van der Waals surface area (Å²) < 4.78 is 0. The number of aliphatic imine (C=N–C) groups is 1. The van der Waals surface area contributed by atoms with Crippen LogP contribution in [0.1, 0.15) is 41.6 Å². The Morgan fingerprint density at radius 1 is 0.769 bits per heavy atom. The highest BCUT2D eigenvalue weighted by atomic mass is 14.8. The Kier molecular flexibility index (Phi) is 4.79. The number of nitrogens with zero attached hydrogens (tertiary/aromatic N) is 1. The molecule has 0 radical (unpaired) electrons. The summed E-state index contributed by atoms with van der Waals surface area (Å²) in [7, 11) is 0. The summed E-state index contributed by atoms with van der Waals surface area (Å²) in [6, 6.07) is 29.9. The molecule has 0 aliphatic heterocycles. The molecule has 0 amide bonds. The fraction of sp³-hybridized carbons (Fsp3) is 0.160. The standard InChI is InChI=1S/C25H23N/c1-19(21-12-6-3-7-13-21)26-25-23(18-20-10-4-2-5-11-20)17-16-22-14-8-9-15-24(22)25/h2-15,18-19H,16-17H2,1H3/b23-18+,26-25?/t19-/m0/s1. The van der Waals surface area contributed by atoms with E-state index in [2.05, 4.69) is 97.9 Å². The van der Waals surface area contributed by atoms with E-state index in [1.54, 1.807) is 0 Å². The van der Waals surface area contributed by atoms with E-state index in [-0.39, 0.29) is 6.04 Å². The van der Waals surface area contributed by atoms with Crippen LogP contribution in [0.25, 0.3) is 6.08 Å². The quantitative estimate of drug-likeness (QED) is 0.534. The first-order chi connectivity index (χ1) is 12.8. The van der Waals surface area contributed by atoms with Gasteiger partial charge in [-0.25, -0.2) is 0 Å². The van der Waals surface area contributed by atoms with Gasteiger partial charge in [0, 0.05) is 5.56 Å². The van der Waals surface area contributed by atoms with Crippen LogP contribution in [0.15, 0.2) is 95.5 Å². The summed E-state index contributed by atoms with van der Waals surface area (Å²) in [4.78, 5) is 5.17. The maximum absolute atomic E-state index is 5.17. The van der Waals surface area contributed by atoms with Gasteiger partial charge in [0.2, 0.25) is 0 Å². The Morgan fingerprint density at radius 2 is 1.42 bits per heavy atom. The molecule has 128 valence electrons. The van der Waals surface area contributed by atoms with Gasteiger partial charge >= 0.3 is 0 Å². The zero-order valence-corrected chi connectivity index (χ0v) is 15.1. The molecule has 0 unspecified atom stereocenters. The van der Waals surface area contributed by atoms with Crippen LogP contribution in [0.2, 0.25) is 0 Å². The summed E-state index contributed by atoms with van der Waals surface area (Å²) in [5.41, 5.74) is 7.65. The summed E-state index contributed by atoms with van der Waals surface area (Å²) in [5.74, 6) is 0. The minimum atomic E-state index is 0.136. The van der Waals surface area contributed by atoms with Crippen molar-refractivity contribution in [2.45, 2.75) is 25.8 Å². The third kappa shape index (κ3) is 3.52. The highest BCUT2D eigenvalue weighted by Gasteiger charge is 2.20. The molecule has 0 saturated heterocycles. The Balaban J connectivity index is 1.80. The van der Waals surface area contributed by atoms with Crippen molar-refractivity contribution in [2.75, 3.05) is 0 Å². The third-order valence-corrected chi connectivity index (χ3v) is 4.99. The second-order valence-corrected chi connectivity index (χ2v) is 6.80. The van der Waals surface area contributed by atoms with E-state index >= 15 is 0 Å². The van der Waals surface area contributed by atoms with Crippen molar-refractivity contribution in [2.24, 2.45) is 4.99 Å². The highest BCUT2D eigenvalue weighted by Crippen LogP contribution is 2.30. The van der Waals surface area contributed by atoms with E-state index in [0.717, 1.165) is 18.6 Å². The molecule has 0 N–H and O–H groups in total. The number of hydrogen-bond donors (Lipinski definition) is 0. The summed E-state index contributed by atoms with van der Waals surface area (Å²) in [6.07, 6.45) is 4.41. The first kappa shape index (κ1) is 16.5. The Hall–Kier alpha value is -2.93. The second-order valence-electron chi connectivity index (χ2n) is 6.80. The number of aryl methyl sites for hydroxylation is 1. The van der Waals surface area contributed by atoms with Gasteiger partial charge in [-0.1, -0.05) is 84.9 Å². The minimum absolute atomic E-state index is 0.136. The molecule has 0 fully saturated rings. The lowest BCUT2D eigenvalue weighted by molar-refractivity contribution is 0.814. The highest BCUT2D eigenvalue weighted by molar-refractivity contribution is 6.16. The Bertz CT molecular complexity index is 936. The van der Waals surface area contributed by atoms with Crippen molar-refractivity contribution in [3.63, 3.8) is 0 Å². The molecular weight excluding hydrogens is 314 g/mol. The predicted octanol–water partition coefficient (Wildman–Crippen LogP) is 6.27. The van der Waals surface area contributed by atoms with Crippen molar-refractivity contribution in [1.29, 1.82) is 0 Å². The molecule has 4 rings (SSSR count). The van der Waals surface area contributed by atoms with Gasteiger partial charge in [0.1, 0.15) is 0 Å². The van der Waals surface area contributed by atoms with Crippen LogP contribution in [-0.2, 0) is 6.42 Å². The molecule has 3 aromatic rings. The maximum Gasteiger partial charge on any atom is 0.0728 e. The first-order valence-corrected chi connectivity index (χ1v) is 9.28. The molecule has 3 aromatic carbocycles. The van der Waals surface area contributed by atoms with E-state index in [9.17, 15) is 0 Å². The smallest absolute Gasteiger partial charge is 0.0728 e. The molecule has 1 aliphatic carbocycles. The van der Waals surface area contributed by atoms with Crippen LogP contribution in [0.3, 0.4) is 0 Å². The van der Waals surface area contributed by atoms with Crippen LogP contribution in [0.4, 0.5) is 0 Å². The van der Waals surface area contributed by atoms with Crippen LogP contribution in [-0.4, -0.2) is 5.71 Å². The number of hydrogen-bond acceptors (Lipinski definition) is 1. The zero-order valence-electron chi connectivity index (χ0n) is 15.1. The van der Waals surface area contributed by atoms with Gasteiger partial charge in [-0.15, -0.1) is 0 Å². The number of benzene rings is 3. The molecule has 0 aromatic heterocycles. The molecule has 0 heterocycles. The van der Waals surface area contributed by atoms with Crippen LogP contribution in [0, 0.1) is 0 Å². The number of rotatable bonds is 3. The van der Waals surface area contributed by atoms with Gasteiger partial charge in [-0.2, -0.15) is 0 Å². The normalized spacial score (nSPS) is 17.9. The average molecular weight is 337 g/mol. The van der Waals surface area contributed by atoms with Crippen molar-refractivity contribution in [3.05, 3.63) is 113 Å². The molecule has 1 nitrogen and oxygen atoms in total. The molecule has 1 aliphatic rings. The van der Waals surface area contributed by atoms with E-state index < -0.39 is 0 Å². The van der Waals surface area contributed by atoms with Crippen molar-refractivity contribution in [1.82, 2.24) is 0 Å². The van der Waals surface area contributed by atoms with Gasteiger partial charge in [0.25, 0.3) is 0 Å². The van der Waals surface area contributed by atoms with Crippen molar-refractivity contribution < 1.29 is 0 Å². The molecule has 1 atom stereocenters.